The number of allylic oxidation sites excluding steroid dienone is 1. The lowest BCUT2D eigenvalue weighted by atomic mass is 9.98. The largest absolute Gasteiger partial charge is 0.490 e. The van der Waals surface area contributed by atoms with Gasteiger partial charge in [-0.05, 0) is 71.9 Å². The van der Waals surface area contributed by atoms with Crippen LogP contribution >= 0.6 is 0 Å². The molecular formula is C27H28O3. The van der Waals surface area contributed by atoms with Crippen molar-refractivity contribution >= 4 is 11.5 Å². The zero-order chi connectivity index (χ0) is 21.5. The Balaban J connectivity index is 1.57. The van der Waals surface area contributed by atoms with Crippen molar-refractivity contribution in [2.75, 3.05) is 6.61 Å². The van der Waals surface area contributed by atoms with E-state index in [-0.39, 0.29) is 5.92 Å². The number of rotatable bonds is 8. The van der Waals surface area contributed by atoms with Gasteiger partial charge in [-0.1, -0.05) is 67.6 Å². The summed E-state index contributed by atoms with van der Waals surface area (Å²) in [5.74, 6) is -0.386. The van der Waals surface area contributed by atoms with E-state index in [0.717, 1.165) is 11.3 Å². The van der Waals surface area contributed by atoms with Crippen LogP contribution in [0.3, 0.4) is 0 Å². The fraction of sp³-hybridized carbons (Fsp3) is 0.222. The Bertz CT molecular complexity index is 1010. The summed E-state index contributed by atoms with van der Waals surface area (Å²) in [6.07, 6.45) is 2.59. The van der Waals surface area contributed by atoms with E-state index in [9.17, 15) is 4.79 Å². The van der Waals surface area contributed by atoms with Crippen LogP contribution in [-0.4, -0.2) is 17.7 Å². The zero-order valence-electron chi connectivity index (χ0n) is 17.8. The maximum absolute atomic E-state index is 11.0. The molecule has 154 valence electrons. The molecule has 0 radical (unpaired) electrons. The van der Waals surface area contributed by atoms with Gasteiger partial charge in [-0.3, -0.25) is 4.79 Å². The highest BCUT2D eigenvalue weighted by Gasteiger charge is 2.11. The van der Waals surface area contributed by atoms with E-state index in [0.29, 0.717) is 13.0 Å². The van der Waals surface area contributed by atoms with Crippen molar-refractivity contribution in [1.82, 2.24) is 0 Å². The number of carboxylic acid groups (broad SMARTS) is 1. The molecule has 30 heavy (non-hydrogen) atoms. The summed E-state index contributed by atoms with van der Waals surface area (Å²) >= 11 is 0. The maximum atomic E-state index is 11.0. The number of aryl methyl sites for hydroxylation is 1. The average molecular weight is 401 g/mol. The second-order valence-electron chi connectivity index (χ2n) is 7.68. The fourth-order valence-corrected chi connectivity index (χ4v) is 3.35. The van der Waals surface area contributed by atoms with Gasteiger partial charge in [0, 0.05) is 0 Å². The molecule has 0 fully saturated rings. The van der Waals surface area contributed by atoms with Gasteiger partial charge in [0.25, 0.3) is 0 Å². The van der Waals surface area contributed by atoms with Gasteiger partial charge in [-0.15, -0.1) is 0 Å². The van der Waals surface area contributed by atoms with E-state index in [4.69, 9.17) is 9.84 Å². The van der Waals surface area contributed by atoms with E-state index in [2.05, 4.69) is 68.5 Å². The molecule has 0 aromatic heterocycles. The number of carboxylic acids is 1. The Kier molecular flexibility index (Phi) is 7.08. The molecule has 0 heterocycles. The number of hydrogen-bond acceptors (Lipinski definition) is 2. The van der Waals surface area contributed by atoms with Crippen molar-refractivity contribution in [3.8, 4) is 16.9 Å². The van der Waals surface area contributed by atoms with Crippen LogP contribution in [0.4, 0.5) is 0 Å². The molecule has 3 aromatic rings. The molecule has 0 aliphatic carbocycles. The number of hydrogen-bond donors (Lipinski definition) is 1. The maximum Gasteiger partial charge on any atom is 0.306 e. The molecule has 0 saturated carbocycles. The molecular weight excluding hydrogens is 372 g/mol. The van der Waals surface area contributed by atoms with E-state index < -0.39 is 5.97 Å². The molecule has 1 unspecified atom stereocenters. The highest BCUT2D eigenvalue weighted by atomic mass is 16.5. The van der Waals surface area contributed by atoms with Crippen LogP contribution in [0.2, 0.25) is 0 Å². The van der Waals surface area contributed by atoms with Crippen LogP contribution in [0.1, 0.15) is 30.5 Å². The average Bonchev–Trinajstić information content (AvgIpc) is 2.75. The van der Waals surface area contributed by atoms with Crippen LogP contribution in [0.25, 0.3) is 16.7 Å². The monoisotopic (exact) mass is 400 g/mol. The Morgan fingerprint density at radius 3 is 2.30 bits per heavy atom. The summed E-state index contributed by atoms with van der Waals surface area (Å²) in [5, 5.41) is 9.01. The van der Waals surface area contributed by atoms with Gasteiger partial charge in [0.15, 0.2) is 0 Å². The summed E-state index contributed by atoms with van der Waals surface area (Å²) in [4.78, 5) is 11.0. The quantitative estimate of drug-likeness (QED) is 0.475. The number of carbonyl (C=O) groups is 1. The summed E-state index contributed by atoms with van der Waals surface area (Å²) in [6, 6.07) is 24.7. The van der Waals surface area contributed by atoms with Crippen LogP contribution in [0, 0.1) is 12.8 Å². The predicted molar refractivity (Wildman–Crippen MR) is 123 cm³/mol. The minimum Gasteiger partial charge on any atom is -0.490 e. The van der Waals surface area contributed by atoms with Gasteiger partial charge in [0.05, 0.1) is 5.92 Å². The second-order valence-corrected chi connectivity index (χ2v) is 7.68. The van der Waals surface area contributed by atoms with Crippen molar-refractivity contribution in [3.63, 3.8) is 0 Å². The van der Waals surface area contributed by atoms with Gasteiger partial charge >= 0.3 is 5.97 Å². The summed E-state index contributed by atoms with van der Waals surface area (Å²) in [6.45, 7) is 6.41. The van der Waals surface area contributed by atoms with Gasteiger partial charge in [0.2, 0.25) is 0 Å². The first-order valence-electron chi connectivity index (χ1n) is 10.2. The molecule has 0 aliphatic rings. The topological polar surface area (TPSA) is 46.5 Å². The van der Waals surface area contributed by atoms with Crippen LogP contribution < -0.4 is 4.74 Å². The second kappa shape index (κ2) is 9.93. The summed E-state index contributed by atoms with van der Waals surface area (Å²) < 4.78 is 5.82. The lowest BCUT2D eigenvalue weighted by molar-refractivity contribution is -0.141. The number of benzene rings is 3. The third-order valence-corrected chi connectivity index (χ3v) is 5.32. The minimum atomic E-state index is -0.775. The van der Waals surface area contributed by atoms with Crippen molar-refractivity contribution in [2.24, 2.45) is 5.92 Å². The van der Waals surface area contributed by atoms with E-state index in [1.165, 1.54) is 27.8 Å². The molecule has 3 aromatic carbocycles. The molecule has 3 heteroatoms. The fourth-order valence-electron chi connectivity index (χ4n) is 3.35. The highest BCUT2D eigenvalue weighted by molar-refractivity contribution is 5.71. The van der Waals surface area contributed by atoms with Gasteiger partial charge in [-0.25, -0.2) is 0 Å². The number of ether oxygens (including phenoxy) is 1. The van der Waals surface area contributed by atoms with Gasteiger partial charge in [-0.2, -0.15) is 0 Å². The first kappa shape index (κ1) is 21.4. The normalized spacial score (nSPS) is 12.4. The van der Waals surface area contributed by atoms with Crippen LogP contribution in [0.15, 0.2) is 78.9 Å². The lowest BCUT2D eigenvalue weighted by Crippen LogP contribution is -2.12. The third kappa shape index (κ3) is 5.60. The summed E-state index contributed by atoms with van der Waals surface area (Å²) in [7, 11) is 0. The van der Waals surface area contributed by atoms with Gasteiger partial charge < -0.3 is 9.84 Å². The Labute approximate surface area is 178 Å². The molecule has 3 rings (SSSR count). The molecule has 1 N–H and O–H groups in total. The Hall–Kier alpha value is -3.33. The third-order valence-electron chi connectivity index (χ3n) is 5.32. The van der Waals surface area contributed by atoms with Crippen LogP contribution in [0.5, 0.6) is 5.75 Å². The van der Waals surface area contributed by atoms with Crippen molar-refractivity contribution < 1.29 is 14.6 Å². The van der Waals surface area contributed by atoms with Crippen molar-refractivity contribution in [1.29, 1.82) is 0 Å². The van der Waals surface area contributed by atoms with E-state index in [1.54, 1.807) is 6.92 Å². The molecule has 0 spiro atoms. The smallest absolute Gasteiger partial charge is 0.306 e. The Morgan fingerprint density at radius 1 is 1.00 bits per heavy atom. The van der Waals surface area contributed by atoms with Crippen molar-refractivity contribution in [3.05, 3.63) is 95.6 Å². The highest BCUT2D eigenvalue weighted by Crippen LogP contribution is 2.25. The standard InChI is InChI=1S/C27H28O3/c1-19(23-10-12-24(13-11-23)26-7-5-4-6-20(26)2)16-17-30-25-14-8-22(9-15-25)18-21(3)27(28)29/h4-16,21H,17-18H2,1-3H3,(H,28,29)/b19-16+. The molecule has 0 bridgehead atoms. The minimum absolute atomic E-state index is 0.389. The molecule has 0 saturated heterocycles. The zero-order valence-corrected chi connectivity index (χ0v) is 17.8. The first-order valence-corrected chi connectivity index (χ1v) is 10.2. The molecule has 3 nitrogen and oxygen atoms in total. The van der Waals surface area contributed by atoms with Gasteiger partial charge in [0.1, 0.15) is 12.4 Å². The first-order chi connectivity index (χ1) is 14.4. The number of aliphatic carboxylic acids is 1. The van der Waals surface area contributed by atoms with E-state index in [1.807, 2.05) is 24.3 Å². The van der Waals surface area contributed by atoms with Crippen molar-refractivity contribution in [2.45, 2.75) is 27.2 Å². The molecule has 0 amide bonds. The SMILES string of the molecule is C/C(=C\COc1ccc(CC(C)C(=O)O)cc1)c1ccc(-c2ccccc2C)cc1. The Morgan fingerprint density at radius 2 is 1.67 bits per heavy atom. The lowest BCUT2D eigenvalue weighted by Gasteiger charge is -2.09. The molecule has 1 atom stereocenters. The predicted octanol–water partition coefficient (Wildman–Crippen LogP) is 6.41. The van der Waals surface area contributed by atoms with Crippen LogP contribution in [-0.2, 0) is 11.2 Å². The summed E-state index contributed by atoms with van der Waals surface area (Å²) in [5.41, 5.74) is 7.09. The van der Waals surface area contributed by atoms with E-state index >= 15 is 0 Å². The molecule has 0 aliphatic heterocycles.